The Morgan fingerprint density at radius 1 is 1.16 bits per heavy atom. The van der Waals surface area contributed by atoms with Crippen LogP contribution < -0.4 is 5.32 Å². The summed E-state index contributed by atoms with van der Waals surface area (Å²) in [6, 6.07) is 13.9. The van der Waals surface area contributed by atoms with E-state index in [4.69, 9.17) is 9.47 Å². The maximum absolute atomic E-state index is 14.8. The van der Waals surface area contributed by atoms with Crippen molar-refractivity contribution < 1.29 is 33.8 Å². The number of aliphatic hydroxyl groups is 1. The summed E-state index contributed by atoms with van der Waals surface area (Å²) in [6.07, 6.45) is 2.60. The lowest BCUT2D eigenvalue weighted by Crippen LogP contribution is -2.58. The average molecular weight is 764 g/mol. The van der Waals surface area contributed by atoms with E-state index >= 15 is 0 Å². The number of rotatable bonds is 15. The predicted octanol–water partition coefficient (Wildman–Crippen LogP) is 3.29. The predicted molar refractivity (Wildman–Crippen MR) is 191 cm³/mol. The van der Waals surface area contributed by atoms with Crippen molar-refractivity contribution in [1.29, 1.82) is 0 Å². The van der Waals surface area contributed by atoms with E-state index in [1.54, 1.807) is 30.7 Å². The second-order valence-electron chi connectivity index (χ2n) is 13.5. The number of aliphatic hydroxyl groups excluding tert-OH is 1. The summed E-state index contributed by atoms with van der Waals surface area (Å²) in [5, 5.41) is 21.7. The number of nitrogens with one attached hydrogen (secondary N) is 1. The Balaban J connectivity index is 1.33. The number of nitrogens with zero attached hydrogens (tertiary/aromatic N) is 5. The van der Waals surface area contributed by atoms with Crippen LogP contribution in [0, 0.1) is 11.8 Å². The third-order valence-corrected chi connectivity index (χ3v) is 11.0. The number of ether oxygens (including phenoxy) is 2. The number of carbonyl (C=O) groups excluding carboxylic acids is 4. The number of fused-ring (bicyclic) bond motifs is 2. The number of hydrogen-bond acceptors (Lipinski definition) is 9. The highest BCUT2D eigenvalue weighted by Crippen LogP contribution is 2.61. The number of likely N-dealkylation sites (tertiary alicyclic amines) is 1. The van der Waals surface area contributed by atoms with Crippen molar-refractivity contribution in [3.8, 4) is 0 Å². The largest absolute Gasteiger partial charge is 0.455 e. The van der Waals surface area contributed by atoms with Crippen molar-refractivity contribution in [2.75, 3.05) is 13.2 Å². The van der Waals surface area contributed by atoms with Crippen LogP contribution in [-0.2, 0) is 35.3 Å². The molecule has 0 radical (unpaired) electrons. The molecular formula is C37H43BrN6O7. The molecule has 3 aromatic rings. The van der Waals surface area contributed by atoms with Crippen LogP contribution in [0.3, 0.4) is 0 Å². The molecule has 3 aliphatic rings. The molecule has 0 aliphatic carbocycles. The van der Waals surface area contributed by atoms with Gasteiger partial charge in [-0.3, -0.25) is 19.2 Å². The fraction of sp³-hybridized carbons (Fsp3) is 0.459. The fourth-order valence-electron chi connectivity index (χ4n) is 7.85. The van der Waals surface area contributed by atoms with Crippen molar-refractivity contribution in [2.24, 2.45) is 11.8 Å². The molecule has 14 heteroatoms. The van der Waals surface area contributed by atoms with Gasteiger partial charge in [-0.05, 0) is 44.4 Å². The number of halogens is 1. The molecule has 13 nitrogen and oxygen atoms in total. The summed E-state index contributed by atoms with van der Waals surface area (Å²) in [6.45, 7) is 10.7. The van der Waals surface area contributed by atoms with Gasteiger partial charge < -0.3 is 29.7 Å². The molecule has 2 aromatic carbocycles. The second-order valence-corrected chi connectivity index (χ2v) is 14.6. The highest BCUT2D eigenvalue weighted by Gasteiger charge is 2.77. The number of carbonyl (C=O) groups is 4. The molecule has 2 N–H and O–H groups in total. The van der Waals surface area contributed by atoms with Crippen LogP contribution in [0.15, 0.2) is 79.9 Å². The first kappa shape index (κ1) is 36.4. The smallest absolute Gasteiger partial charge is 0.313 e. The number of benzene rings is 2. The minimum atomic E-state index is -1.39. The van der Waals surface area contributed by atoms with Crippen LogP contribution in [0.4, 0.5) is 0 Å². The molecule has 0 saturated carbocycles. The number of amides is 3. The molecule has 4 heterocycles. The number of alkyl halides is 1. The van der Waals surface area contributed by atoms with Crippen LogP contribution >= 0.6 is 15.9 Å². The quantitative estimate of drug-likeness (QED) is 0.135. The Kier molecular flexibility index (Phi) is 10.7. The van der Waals surface area contributed by atoms with E-state index < -0.39 is 72.2 Å². The molecule has 3 saturated heterocycles. The average Bonchev–Trinajstić information content (AvgIpc) is 3.86. The normalized spacial score (nSPS) is 26.7. The maximum atomic E-state index is 14.8. The number of hydrogen-bond donors (Lipinski definition) is 2. The van der Waals surface area contributed by atoms with E-state index in [1.165, 1.54) is 9.80 Å². The molecule has 1 spiro atoms. The summed E-state index contributed by atoms with van der Waals surface area (Å²) in [5.41, 5.74) is 0.656. The van der Waals surface area contributed by atoms with Crippen LogP contribution in [0.25, 0.3) is 11.0 Å². The molecule has 3 amide bonds. The molecule has 3 fully saturated rings. The highest BCUT2D eigenvalue weighted by molar-refractivity contribution is 9.09. The van der Waals surface area contributed by atoms with Crippen LogP contribution in [0.1, 0.15) is 44.8 Å². The molecule has 51 heavy (non-hydrogen) atoms. The Labute approximate surface area is 304 Å². The molecular weight excluding hydrogens is 720 g/mol. The standard InChI is InChI=1S/C37H43BrN6O7/c1-5-7-17-28(46)39-23(4)31(24-13-9-8-10-14-24)50-36(49)29-30-34(47)44(22(3)20-45)33(37(30)19-25(38)32(29)51-37)35(48)42(18-6-2)21-43-27-16-12-11-15-26(27)40-41-43/h5-6,8-16,22-23,25,29-33,45H,1-2,7,17-21H2,3-4H3,(H,39,46)/t22-,23-,25?,29-,30+,31-,32-,33-,37+/m1/s1. The Morgan fingerprint density at radius 3 is 2.59 bits per heavy atom. The second kappa shape index (κ2) is 15.1. The van der Waals surface area contributed by atoms with E-state index in [2.05, 4.69) is 44.7 Å². The van der Waals surface area contributed by atoms with E-state index in [9.17, 15) is 24.3 Å². The zero-order chi connectivity index (χ0) is 36.4. The maximum Gasteiger partial charge on any atom is 0.313 e. The van der Waals surface area contributed by atoms with Gasteiger partial charge in [0, 0.05) is 17.8 Å². The Bertz CT molecular complexity index is 1800. The van der Waals surface area contributed by atoms with Crippen molar-refractivity contribution in [2.45, 2.75) is 80.5 Å². The molecule has 3 aliphatic heterocycles. The van der Waals surface area contributed by atoms with Crippen LogP contribution in [-0.4, -0.2) is 101 Å². The van der Waals surface area contributed by atoms with E-state index in [1.807, 2.05) is 54.6 Å². The van der Waals surface area contributed by atoms with Crippen LogP contribution in [0.5, 0.6) is 0 Å². The minimum Gasteiger partial charge on any atom is -0.455 e. The zero-order valence-electron chi connectivity index (χ0n) is 28.6. The van der Waals surface area contributed by atoms with Gasteiger partial charge in [-0.2, -0.15) is 0 Å². The zero-order valence-corrected chi connectivity index (χ0v) is 30.2. The third-order valence-electron chi connectivity index (χ3n) is 10.1. The van der Waals surface area contributed by atoms with E-state index in [0.717, 1.165) is 5.52 Å². The van der Waals surface area contributed by atoms with Gasteiger partial charge in [-0.25, -0.2) is 4.68 Å². The first-order valence-corrected chi connectivity index (χ1v) is 18.1. The first-order valence-electron chi connectivity index (χ1n) is 17.1. The summed E-state index contributed by atoms with van der Waals surface area (Å²) in [4.78, 5) is 58.9. The molecule has 1 aromatic heterocycles. The lowest BCUT2D eigenvalue weighted by atomic mass is 9.70. The van der Waals surface area contributed by atoms with Crippen molar-refractivity contribution >= 4 is 50.7 Å². The Morgan fingerprint density at radius 2 is 1.88 bits per heavy atom. The molecule has 1 unspecified atom stereocenters. The molecule has 2 bridgehead atoms. The first-order chi connectivity index (χ1) is 24.6. The van der Waals surface area contributed by atoms with E-state index in [-0.39, 0.29) is 36.8 Å². The molecule has 9 atom stereocenters. The van der Waals surface area contributed by atoms with Crippen molar-refractivity contribution in [3.05, 3.63) is 85.5 Å². The lowest BCUT2D eigenvalue weighted by molar-refractivity contribution is -0.162. The van der Waals surface area contributed by atoms with Gasteiger partial charge in [-0.1, -0.05) is 75.8 Å². The SMILES string of the molecule is C=CCCC(=O)N[C@H](C)[C@@H](OC(=O)[C@H]1[C@@H]2O[C@@]3(CC2Br)[C@@H]1C(=O)N([C@H](C)CO)[C@@H]3C(=O)N(CC=C)Cn1nnc2ccccc21)c1ccccc1. The monoisotopic (exact) mass is 762 g/mol. The third kappa shape index (κ3) is 6.60. The van der Waals surface area contributed by atoms with Gasteiger partial charge in [-0.15, -0.1) is 18.3 Å². The summed E-state index contributed by atoms with van der Waals surface area (Å²) < 4.78 is 14.5. The van der Waals surface area contributed by atoms with Gasteiger partial charge in [0.05, 0.1) is 42.1 Å². The molecule has 270 valence electrons. The number of para-hydroxylation sites is 1. The summed E-state index contributed by atoms with van der Waals surface area (Å²) >= 11 is 3.71. The summed E-state index contributed by atoms with van der Waals surface area (Å²) in [5.74, 6) is -3.91. The van der Waals surface area contributed by atoms with Gasteiger partial charge >= 0.3 is 5.97 Å². The fourth-order valence-corrected chi connectivity index (χ4v) is 8.79. The minimum absolute atomic E-state index is 0.0138. The number of aromatic nitrogens is 3. The van der Waals surface area contributed by atoms with E-state index in [0.29, 0.717) is 17.5 Å². The van der Waals surface area contributed by atoms with Crippen molar-refractivity contribution in [1.82, 2.24) is 30.1 Å². The highest BCUT2D eigenvalue weighted by atomic mass is 79.9. The molecule has 6 rings (SSSR count). The van der Waals surface area contributed by atoms with Gasteiger partial charge in [0.2, 0.25) is 17.7 Å². The van der Waals surface area contributed by atoms with Crippen molar-refractivity contribution in [3.63, 3.8) is 0 Å². The summed E-state index contributed by atoms with van der Waals surface area (Å²) in [7, 11) is 0. The topological polar surface area (TPSA) is 156 Å². The van der Waals surface area contributed by atoms with Gasteiger partial charge in [0.15, 0.2) is 0 Å². The Hall–Kier alpha value is -4.40. The number of allylic oxidation sites excluding steroid dienone is 1. The van der Waals surface area contributed by atoms with Crippen LogP contribution in [0.2, 0.25) is 0 Å². The number of esters is 1. The van der Waals surface area contributed by atoms with Gasteiger partial charge in [0.25, 0.3) is 0 Å². The lowest BCUT2D eigenvalue weighted by Gasteiger charge is -2.38. The van der Waals surface area contributed by atoms with Gasteiger partial charge in [0.1, 0.15) is 29.9 Å².